The van der Waals surface area contributed by atoms with Crippen molar-refractivity contribution < 1.29 is 13.6 Å². The summed E-state index contributed by atoms with van der Waals surface area (Å²) in [5, 5.41) is 0. The zero-order valence-corrected chi connectivity index (χ0v) is 10.5. The number of benzene rings is 1. The molecular formula is C12H14F2N2OS. The number of nitrogens with two attached hydrogens (primary N) is 2. The molecule has 98 valence electrons. The van der Waals surface area contributed by atoms with Crippen LogP contribution in [0.4, 0.5) is 8.78 Å². The van der Waals surface area contributed by atoms with Crippen molar-refractivity contribution in [2.24, 2.45) is 17.4 Å². The van der Waals surface area contributed by atoms with Gasteiger partial charge >= 0.3 is 0 Å². The molecule has 1 atom stereocenters. The molecule has 0 saturated heterocycles. The van der Waals surface area contributed by atoms with Gasteiger partial charge in [0, 0.05) is 16.7 Å². The second-order valence-electron chi connectivity index (χ2n) is 4.54. The Bertz CT molecular complexity index is 479. The van der Waals surface area contributed by atoms with Crippen LogP contribution in [0.15, 0.2) is 23.1 Å². The normalized spacial score (nSPS) is 18.4. The minimum Gasteiger partial charge on any atom is -0.368 e. The highest BCUT2D eigenvalue weighted by Gasteiger charge is 2.46. The number of thioether (sulfide) groups is 1. The molecule has 1 saturated carbocycles. The summed E-state index contributed by atoms with van der Waals surface area (Å²) in [6.07, 6.45) is 1.73. The summed E-state index contributed by atoms with van der Waals surface area (Å²) >= 11 is 1.09. The van der Waals surface area contributed by atoms with Crippen LogP contribution in [0.3, 0.4) is 0 Å². The lowest BCUT2D eigenvalue weighted by molar-refractivity contribution is -0.123. The van der Waals surface area contributed by atoms with Gasteiger partial charge in [-0.3, -0.25) is 4.79 Å². The molecule has 1 aliphatic rings. The minimum atomic E-state index is -1.11. The third-order valence-electron chi connectivity index (χ3n) is 3.13. The molecule has 18 heavy (non-hydrogen) atoms. The first-order valence-corrected chi connectivity index (χ1v) is 6.58. The van der Waals surface area contributed by atoms with E-state index in [2.05, 4.69) is 0 Å². The Labute approximate surface area is 108 Å². The molecule has 1 fully saturated rings. The first-order chi connectivity index (χ1) is 8.43. The first kappa shape index (κ1) is 13.3. The van der Waals surface area contributed by atoms with Crippen molar-refractivity contribution >= 4 is 17.7 Å². The summed E-state index contributed by atoms with van der Waals surface area (Å²) in [4.78, 5) is 11.7. The third-order valence-corrected chi connectivity index (χ3v) is 4.39. The van der Waals surface area contributed by atoms with Crippen LogP contribution < -0.4 is 11.5 Å². The molecule has 0 radical (unpaired) electrons. The number of carbonyl (C=O) groups excluding carboxylic acids is 1. The van der Waals surface area contributed by atoms with Gasteiger partial charge in [-0.1, -0.05) is 0 Å². The molecule has 0 heterocycles. The monoisotopic (exact) mass is 272 g/mol. The van der Waals surface area contributed by atoms with E-state index in [0.29, 0.717) is 0 Å². The number of carbonyl (C=O) groups is 1. The van der Waals surface area contributed by atoms with Gasteiger partial charge < -0.3 is 11.5 Å². The maximum absolute atomic E-state index is 13.4. The molecule has 1 aromatic carbocycles. The molecule has 0 bridgehead atoms. The van der Waals surface area contributed by atoms with E-state index in [-0.39, 0.29) is 16.6 Å². The molecule has 2 rings (SSSR count). The smallest absolute Gasteiger partial charge is 0.238 e. The fourth-order valence-electron chi connectivity index (χ4n) is 1.78. The average molecular weight is 272 g/mol. The fourth-order valence-corrected chi connectivity index (χ4v) is 2.91. The summed E-state index contributed by atoms with van der Waals surface area (Å²) in [5.41, 5.74) is 10.2. The Hall–Kier alpha value is -1.14. The molecule has 1 aliphatic carbocycles. The van der Waals surface area contributed by atoms with Gasteiger partial charge in [0.2, 0.25) is 5.91 Å². The molecule has 0 spiro atoms. The molecule has 0 aliphatic heterocycles. The summed E-state index contributed by atoms with van der Waals surface area (Å²) in [6, 6.07) is 3.32. The molecule has 0 aromatic heterocycles. The van der Waals surface area contributed by atoms with Crippen LogP contribution in [0.2, 0.25) is 0 Å². The standard InChI is InChI=1S/C12H14F2N2OS/c13-8-3-4-10(9(14)5-8)18-6-12(16,11(15)17)7-1-2-7/h3-5,7H,1-2,6,16H2,(H2,15,17). The van der Waals surface area contributed by atoms with Gasteiger partial charge in [-0.25, -0.2) is 8.78 Å². The van der Waals surface area contributed by atoms with Crippen molar-refractivity contribution in [1.82, 2.24) is 0 Å². The number of hydrogen-bond acceptors (Lipinski definition) is 3. The van der Waals surface area contributed by atoms with Crippen molar-refractivity contribution in [1.29, 1.82) is 0 Å². The summed E-state index contributed by atoms with van der Waals surface area (Å²) in [6.45, 7) is 0. The van der Waals surface area contributed by atoms with E-state index < -0.39 is 23.1 Å². The molecule has 6 heteroatoms. The highest BCUT2D eigenvalue weighted by molar-refractivity contribution is 7.99. The number of rotatable bonds is 5. The van der Waals surface area contributed by atoms with Crippen LogP contribution in [0, 0.1) is 17.6 Å². The number of amides is 1. The lowest BCUT2D eigenvalue weighted by atomic mass is 9.96. The zero-order valence-electron chi connectivity index (χ0n) is 9.66. The lowest BCUT2D eigenvalue weighted by Crippen LogP contribution is -2.56. The SMILES string of the molecule is NC(=O)C(N)(CSc1ccc(F)cc1F)C1CC1. The van der Waals surface area contributed by atoms with Crippen molar-refractivity contribution in [3.05, 3.63) is 29.8 Å². The fraction of sp³-hybridized carbons (Fsp3) is 0.417. The number of halogens is 2. The lowest BCUT2D eigenvalue weighted by Gasteiger charge is -2.25. The number of hydrogen-bond donors (Lipinski definition) is 2. The Balaban J connectivity index is 2.08. The highest BCUT2D eigenvalue weighted by atomic mass is 32.2. The van der Waals surface area contributed by atoms with E-state index in [1.54, 1.807) is 0 Å². The quantitative estimate of drug-likeness (QED) is 0.801. The van der Waals surface area contributed by atoms with Crippen LogP contribution in [-0.2, 0) is 4.79 Å². The van der Waals surface area contributed by atoms with E-state index in [0.717, 1.165) is 30.7 Å². The number of primary amides is 1. The second-order valence-corrected chi connectivity index (χ2v) is 5.56. The molecule has 4 N–H and O–H groups in total. The maximum atomic E-state index is 13.4. The van der Waals surface area contributed by atoms with Crippen LogP contribution in [0.5, 0.6) is 0 Å². The van der Waals surface area contributed by atoms with Gasteiger partial charge in [0.25, 0.3) is 0 Å². The van der Waals surface area contributed by atoms with E-state index in [4.69, 9.17) is 11.5 Å². The first-order valence-electron chi connectivity index (χ1n) is 5.60. The second kappa shape index (κ2) is 4.85. The van der Waals surface area contributed by atoms with Crippen molar-refractivity contribution in [3.63, 3.8) is 0 Å². The van der Waals surface area contributed by atoms with Crippen molar-refractivity contribution in [3.8, 4) is 0 Å². The van der Waals surface area contributed by atoms with Crippen LogP contribution in [-0.4, -0.2) is 17.2 Å². The summed E-state index contributed by atoms with van der Waals surface area (Å²) in [7, 11) is 0. The van der Waals surface area contributed by atoms with Crippen LogP contribution >= 0.6 is 11.8 Å². The molecule has 1 unspecified atom stereocenters. The Kier molecular flexibility index (Phi) is 3.59. The van der Waals surface area contributed by atoms with Gasteiger partial charge in [-0.15, -0.1) is 11.8 Å². The Morgan fingerprint density at radius 2 is 2.11 bits per heavy atom. The third kappa shape index (κ3) is 2.64. The van der Waals surface area contributed by atoms with E-state index in [9.17, 15) is 13.6 Å². The minimum absolute atomic E-state index is 0.0750. The van der Waals surface area contributed by atoms with Gasteiger partial charge in [-0.2, -0.15) is 0 Å². The Morgan fingerprint density at radius 1 is 1.44 bits per heavy atom. The Morgan fingerprint density at radius 3 is 2.61 bits per heavy atom. The van der Waals surface area contributed by atoms with Crippen LogP contribution in [0.25, 0.3) is 0 Å². The summed E-state index contributed by atoms with van der Waals surface area (Å²) in [5.74, 6) is -1.57. The van der Waals surface area contributed by atoms with Gasteiger partial charge in [-0.05, 0) is 30.9 Å². The molecular weight excluding hydrogens is 258 g/mol. The van der Waals surface area contributed by atoms with Gasteiger partial charge in [0.1, 0.15) is 17.2 Å². The van der Waals surface area contributed by atoms with E-state index in [1.807, 2.05) is 0 Å². The van der Waals surface area contributed by atoms with Crippen molar-refractivity contribution in [2.75, 3.05) is 5.75 Å². The highest BCUT2D eigenvalue weighted by Crippen LogP contribution is 2.41. The van der Waals surface area contributed by atoms with E-state index >= 15 is 0 Å². The van der Waals surface area contributed by atoms with Gasteiger partial charge in [0.15, 0.2) is 0 Å². The molecule has 1 amide bonds. The van der Waals surface area contributed by atoms with Crippen molar-refractivity contribution in [2.45, 2.75) is 23.3 Å². The van der Waals surface area contributed by atoms with Gasteiger partial charge in [0.05, 0.1) is 0 Å². The maximum Gasteiger partial charge on any atom is 0.238 e. The largest absolute Gasteiger partial charge is 0.368 e. The summed E-state index contributed by atoms with van der Waals surface area (Å²) < 4.78 is 26.2. The zero-order chi connectivity index (χ0) is 13.3. The van der Waals surface area contributed by atoms with Crippen LogP contribution in [0.1, 0.15) is 12.8 Å². The molecule has 3 nitrogen and oxygen atoms in total. The molecule has 1 aromatic rings. The predicted molar refractivity (Wildman–Crippen MR) is 65.9 cm³/mol. The topological polar surface area (TPSA) is 69.1 Å². The predicted octanol–water partition coefficient (Wildman–Crippen LogP) is 1.65. The van der Waals surface area contributed by atoms with E-state index in [1.165, 1.54) is 12.1 Å². The average Bonchev–Trinajstić information content (AvgIpc) is 3.11.